The van der Waals surface area contributed by atoms with Gasteiger partial charge >= 0.3 is 0 Å². The zero-order chi connectivity index (χ0) is 11.0. The normalized spacial score (nSPS) is 10.7. The largest absolute Gasteiger partial charge is 0.282 e. The van der Waals surface area contributed by atoms with Crippen LogP contribution in [0.5, 0.6) is 0 Å². The van der Waals surface area contributed by atoms with Crippen molar-refractivity contribution in [1.29, 1.82) is 0 Å². The minimum Gasteiger partial charge on any atom is -0.282 e. The van der Waals surface area contributed by atoms with Crippen LogP contribution in [0, 0.1) is 20.8 Å². The average molecular weight is 222 g/mol. The first-order valence-electron chi connectivity index (χ1n) is 4.75. The summed E-state index contributed by atoms with van der Waals surface area (Å²) >= 11 is 6.19. The lowest BCUT2D eigenvalue weighted by Gasteiger charge is -2.08. The zero-order valence-corrected chi connectivity index (χ0v) is 9.71. The maximum absolute atomic E-state index is 6.19. The lowest BCUT2D eigenvalue weighted by atomic mass is 10.2. The Morgan fingerprint density at radius 1 is 1.07 bits per heavy atom. The van der Waals surface area contributed by atoms with E-state index in [1.54, 1.807) is 0 Å². The van der Waals surface area contributed by atoms with Crippen LogP contribution < -0.4 is 0 Å². The van der Waals surface area contributed by atoms with Crippen LogP contribution in [0.4, 0.5) is 0 Å². The molecule has 0 fully saturated rings. The van der Waals surface area contributed by atoms with Crippen LogP contribution in [0.1, 0.15) is 17.2 Å². The number of aromatic nitrogens is 3. The Labute approximate surface area is 93.7 Å². The quantitative estimate of drug-likeness (QED) is 0.742. The Morgan fingerprint density at radius 3 is 2.20 bits per heavy atom. The molecule has 0 saturated heterocycles. The molecule has 0 aliphatic heterocycles. The molecule has 1 aromatic carbocycles. The molecule has 15 heavy (non-hydrogen) atoms. The fourth-order valence-corrected chi connectivity index (χ4v) is 1.93. The Bertz CT molecular complexity index is 483. The summed E-state index contributed by atoms with van der Waals surface area (Å²) in [6.45, 7) is 5.84. The van der Waals surface area contributed by atoms with Gasteiger partial charge in [-0.15, -0.1) is 10.2 Å². The van der Waals surface area contributed by atoms with Gasteiger partial charge in [-0.3, -0.25) is 4.57 Å². The summed E-state index contributed by atoms with van der Waals surface area (Å²) in [7, 11) is 0. The van der Waals surface area contributed by atoms with E-state index in [9.17, 15) is 0 Å². The van der Waals surface area contributed by atoms with E-state index in [1.807, 2.05) is 43.5 Å². The van der Waals surface area contributed by atoms with Crippen molar-refractivity contribution >= 4 is 11.6 Å². The number of hydrogen-bond acceptors (Lipinski definition) is 2. The van der Waals surface area contributed by atoms with E-state index in [-0.39, 0.29) is 0 Å². The molecule has 78 valence electrons. The van der Waals surface area contributed by atoms with Crippen molar-refractivity contribution in [2.24, 2.45) is 0 Å². The van der Waals surface area contributed by atoms with Crippen molar-refractivity contribution in [1.82, 2.24) is 14.8 Å². The van der Waals surface area contributed by atoms with Gasteiger partial charge in [-0.2, -0.15) is 0 Å². The van der Waals surface area contributed by atoms with E-state index in [0.29, 0.717) is 0 Å². The van der Waals surface area contributed by atoms with Crippen molar-refractivity contribution < 1.29 is 0 Å². The predicted octanol–water partition coefficient (Wildman–Crippen LogP) is 2.85. The molecule has 0 unspecified atom stereocenters. The van der Waals surface area contributed by atoms with E-state index in [4.69, 9.17) is 11.6 Å². The number of hydrogen-bond donors (Lipinski definition) is 0. The van der Waals surface area contributed by atoms with Crippen LogP contribution in [0.2, 0.25) is 5.02 Å². The summed E-state index contributed by atoms with van der Waals surface area (Å²) in [4.78, 5) is 0. The standard InChI is InChI=1S/C11H12ClN3/c1-7-4-5-11(10(12)6-7)15-8(2)13-14-9(15)3/h4-6H,1-3H3. The molecule has 4 heteroatoms. The van der Waals surface area contributed by atoms with Gasteiger partial charge in [-0.1, -0.05) is 17.7 Å². The predicted molar refractivity (Wildman–Crippen MR) is 60.6 cm³/mol. The second-order valence-corrected chi connectivity index (χ2v) is 3.99. The number of halogens is 1. The first-order chi connectivity index (χ1) is 7.09. The Morgan fingerprint density at radius 2 is 1.67 bits per heavy atom. The molecule has 0 saturated carbocycles. The summed E-state index contributed by atoms with van der Waals surface area (Å²) < 4.78 is 1.95. The third-order valence-electron chi connectivity index (χ3n) is 2.33. The van der Waals surface area contributed by atoms with Gasteiger partial charge in [0, 0.05) is 0 Å². The van der Waals surface area contributed by atoms with Gasteiger partial charge in [0.1, 0.15) is 11.6 Å². The van der Waals surface area contributed by atoms with Gasteiger partial charge in [0.25, 0.3) is 0 Å². The molecule has 0 bridgehead atoms. The van der Waals surface area contributed by atoms with Crippen LogP contribution in [-0.2, 0) is 0 Å². The van der Waals surface area contributed by atoms with Crippen molar-refractivity contribution in [3.63, 3.8) is 0 Å². The summed E-state index contributed by atoms with van der Waals surface area (Å²) in [6.07, 6.45) is 0. The van der Waals surface area contributed by atoms with Gasteiger partial charge in [0.15, 0.2) is 0 Å². The highest BCUT2D eigenvalue weighted by atomic mass is 35.5. The molecule has 1 heterocycles. The maximum atomic E-state index is 6.19. The zero-order valence-electron chi connectivity index (χ0n) is 8.95. The summed E-state index contributed by atoms with van der Waals surface area (Å²) in [6, 6.07) is 5.96. The second kappa shape index (κ2) is 3.66. The van der Waals surface area contributed by atoms with E-state index < -0.39 is 0 Å². The molecule has 0 atom stereocenters. The SMILES string of the molecule is Cc1ccc(-n2c(C)nnc2C)c(Cl)c1. The fourth-order valence-electron chi connectivity index (χ4n) is 1.61. The number of benzene rings is 1. The smallest absolute Gasteiger partial charge is 0.134 e. The lowest BCUT2D eigenvalue weighted by Crippen LogP contribution is -2.00. The van der Waals surface area contributed by atoms with Gasteiger partial charge in [-0.25, -0.2) is 0 Å². The van der Waals surface area contributed by atoms with Crippen LogP contribution in [0.15, 0.2) is 18.2 Å². The molecule has 3 nitrogen and oxygen atoms in total. The first kappa shape index (κ1) is 10.2. The molecule has 0 N–H and O–H groups in total. The van der Waals surface area contributed by atoms with E-state index in [2.05, 4.69) is 10.2 Å². The Hall–Kier alpha value is -1.35. The Balaban J connectivity index is 2.64. The molecule has 0 aliphatic carbocycles. The third-order valence-corrected chi connectivity index (χ3v) is 2.63. The third kappa shape index (κ3) is 1.75. The number of nitrogens with zero attached hydrogens (tertiary/aromatic N) is 3. The van der Waals surface area contributed by atoms with Crippen molar-refractivity contribution in [3.05, 3.63) is 40.4 Å². The van der Waals surface area contributed by atoms with Crippen molar-refractivity contribution in [2.75, 3.05) is 0 Å². The summed E-state index contributed by atoms with van der Waals surface area (Å²) in [5, 5.41) is 8.74. The van der Waals surface area contributed by atoms with E-state index >= 15 is 0 Å². The van der Waals surface area contributed by atoms with Crippen LogP contribution >= 0.6 is 11.6 Å². The molecule has 2 rings (SSSR count). The molecule has 0 spiro atoms. The first-order valence-corrected chi connectivity index (χ1v) is 5.12. The highest BCUT2D eigenvalue weighted by Crippen LogP contribution is 2.23. The molecule has 0 amide bonds. The lowest BCUT2D eigenvalue weighted by molar-refractivity contribution is 0.937. The van der Waals surface area contributed by atoms with Crippen molar-refractivity contribution in [3.8, 4) is 5.69 Å². The van der Waals surface area contributed by atoms with E-state index in [0.717, 1.165) is 27.9 Å². The van der Waals surface area contributed by atoms with Gasteiger partial charge in [0.05, 0.1) is 10.7 Å². The maximum Gasteiger partial charge on any atom is 0.134 e. The van der Waals surface area contributed by atoms with Gasteiger partial charge in [-0.05, 0) is 38.5 Å². The minimum atomic E-state index is 0.723. The topological polar surface area (TPSA) is 30.7 Å². The summed E-state index contributed by atoms with van der Waals surface area (Å²) in [5.74, 6) is 1.69. The summed E-state index contributed by atoms with van der Waals surface area (Å²) in [5.41, 5.74) is 2.08. The van der Waals surface area contributed by atoms with Crippen LogP contribution in [0.3, 0.4) is 0 Å². The average Bonchev–Trinajstić information content (AvgIpc) is 2.48. The molecule has 0 radical (unpaired) electrons. The number of rotatable bonds is 1. The molecular weight excluding hydrogens is 210 g/mol. The van der Waals surface area contributed by atoms with Gasteiger partial charge in [0.2, 0.25) is 0 Å². The van der Waals surface area contributed by atoms with Gasteiger partial charge < -0.3 is 0 Å². The highest BCUT2D eigenvalue weighted by molar-refractivity contribution is 6.32. The fraction of sp³-hybridized carbons (Fsp3) is 0.273. The number of aryl methyl sites for hydroxylation is 3. The molecule has 0 aliphatic rings. The molecule has 1 aromatic heterocycles. The van der Waals surface area contributed by atoms with E-state index in [1.165, 1.54) is 0 Å². The van der Waals surface area contributed by atoms with Crippen LogP contribution in [0.25, 0.3) is 5.69 Å². The minimum absolute atomic E-state index is 0.723. The monoisotopic (exact) mass is 221 g/mol. The molecule has 2 aromatic rings. The van der Waals surface area contributed by atoms with Crippen LogP contribution in [-0.4, -0.2) is 14.8 Å². The van der Waals surface area contributed by atoms with Crippen molar-refractivity contribution in [2.45, 2.75) is 20.8 Å². The second-order valence-electron chi connectivity index (χ2n) is 3.58. The molecular formula is C11H12ClN3. The Kier molecular flexibility index (Phi) is 2.49. The highest BCUT2D eigenvalue weighted by Gasteiger charge is 2.09.